The van der Waals surface area contributed by atoms with E-state index < -0.39 is 29.2 Å². The van der Waals surface area contributed by atoms with E-state index in [2.05, 4.69) is 21.6 Å². The van der Waals surface area contributed by atoms with E-state index >= 15 is 0 Å². The van der Waals surface area contributed by atoms with E-state index in [1.165, 1.54) is 12.1 Å². The van der Waals surface area contributed by atoms with Gasteiger partial charge < -0.3 is 10.4 Å². The Morgan fingerprint density at radius 3 is 2.36 bits per heavy atom. The van der Waals surface area contributed by atoms with Crippen molar-refractivity contribution in [2.24, 2.45) is 0 Å². The number of carboxylic acids is 1. The Bertz CT molecular complexity index is 1740. The average molecular weight is 613 g/mol. The number of carboxylic acid groups (broad SMARTS) is 1. The topological polar surface area (TPSA) is 98.3 Å². The zero-order valence-electron chi connectivity index (χ0n) is 23.8. The van der Waals surface area contributed by atoms with E-state index in [1.54, 1.807) is 12.2 Å². The number of rotatable bonds is 7. The number of H-pyrrole nitrogens is 1. The number of hydrogen-bond acceptors (Lipinski definition) is 4. The number of nitrogens with one attached hydrogen (secondary N) is 2. The van der Waals surface area contributed by atoms with Gasteiger partial charge in [0.15, 0.2) is 0 Å². The molecule has 1 fully saturated rings. The average Bonchev–Trinajstić information content (AvgIpc) is 3.51. The molecule has 0 saturated heterocycles. The number of hydrogen-bond donors (Lipinski definition) is 3. The van der Waals surface area contributed by atoms with Crippen molar-refractivity contribution in [1.29, 1.82) is 0 Å². The van der Waals surface area contributed by atoms with E-state index in [0.717, 1.165) is 47.2 Å². The van der Waals surface area contributed by atoms with Crippen molar-refractivity contribution in [3.63, 3.8) is 0 Å². The van der Waals surface area contributed by atoms with Crippen molar-refractivity contribution >= 4 is 40.6 Å². The maximum atomic E-state index is 14.7. The number of halogens is 5. The van der Waals surface area contributed by atoms with Gasteiger partial charge in [0.05, 0.1) is 16.6 Å². The Morgan fingerprint density at radius 1 is 1.07 bits per heavy atom. The van der Waals surface area contributed by atoms with Gasteiger partial charge in [-0.05, 0) is 66.5 Å². The van der Waals surface area contributed by atoms with Crippen LogP contribution in [0.5, 0.6) is 0 Å². The molecule has 12 heteroatoms. The number of aromatic amines is 1. The molecule has 4 aromatic rings. The Hall–Kier alpha value is -4.58. The largest absolute Gasteiger partial charge is 0.490 e. The molecule has 2 heterocycles. The molecule has 2 aliphatic rings. The molecule has 3 aromatic carbocycles. The number of aromatic nitrogens is 2. The van der Waals surface area contributed by atoms with Crippen molar-refractivity contribution in [2.45, 2.75) is 44.3 Å². The van der Waals surface area contributed by atoms with E-state index in [0.29, 0.717) is 11.3 Å². The highest BCUT2D eigenvalue weighted by Crippen LogP contribution is 2.65. The highest BCUT2D eigenvalue weighted by molar-refractivity contribution is 6.09. The van der Waals surface area contributed by atoms with Crippen molar-refractivity contribution in [1.82, 2.24) is 15.1 Å². The monoisotopic (exact) mass is 612 g/mol. The van der Waals surface area contributed by atoms with Gasteiger partial charge in [0.1, 0.15) is 11.6 Å². The van der Waals surface area contributed by atoms with Crippen LogP contribution < -0.4 is 5.32 Å². The van der Waals surface area contributed by atoms with E-state index in [-0.39, 0.29) is 23.9 Å². The van der Waals surface area contributed by atoms with E-state index in [1.807, 2.05) is 55.1 Å². The zero-order chi connectivity index (χ0) is 31.8. The molecule has 3 N–H and O–H groups in total. The van der Waals surface area contributed by atoms with Gasteiger partial charge in [-0.3, -0.25) is 14.8 Å². The lowest BCUT2D eigenvalue weighted by Crippen LogP contribution is -2.23. The minimum Gasteiger partial charge on any atom is -0.475 e. The molecule has 0 bridgehead atoms. The number of aliphatic carboxylic acids is 1. The lowest BCUT2D eigenvalue weighted by atomic mass is 9.92. The van der Waals surface area contributed by atoms with E-state index in [9.17, 15) is 26.7 Å². The van der Waals surface area contributed by atoms with E-state index in [4.69, 9.17) is 9.90 Å². The highest BCUT2D eigenvalue weighted by atomic mass is 19.4. The highest BCUT2D eigenvalue weighted by Gasteiger charge is 2.65. The summed E-state index contributed by atoms with van der Waals surface area (Å²) in [7, 11) is 0. The number of fused-ring (bicyclic) bond motifs is 3. The third-order valence-corrected chi connectivity index (χ3v) is 8.16. The number of para-hydroxylation sites is 1. The zero-order valence-corrected chi connectivity index (χ0v) is 23.8. The predicted molar refractivity (Wildman–Crippen MR) is 156 cm³/mol. The van der Waals surface area contributed by atoms with Crippen LogP contribution in [-0.2, 0) is 21.5 Å². The Balaban J connectivity index is 0.000000493. The predicted octanol–water partition coefficient (Wildman–Crippen LogP) is 6.86. The van der Waals surface area contributed by atoms with Crippen molar-refractivity contribution in [3.05, 3.63) is 94.2 Å². The number of amides is 1. The van der Waals surface area contributed by atoms with Crippen LogP contribution in [-0.4, -0.2) is 51.3 Å². The van der Waals surface area contributed by atoms with Crippen LogP contribution in [0.25, 0.3) is 23.1 Å². The molecule has 0 unspecified atom stereocenters. The molecule has 7 nitrogen and oxygen atoms in total. The molecule has 1 spiro atoms. The van der Waals surface area contributed by atoms with Gasteiger partial charge in [0.25, 0.3) is 0 Å². The van der Waals surface area contributed by atoms with Gasteiger partial charge in [-0.15, -0.1) is 0 Å². The molecular weight excluding hydrogens is 583 g/mol. The van der Waals surface area contributed by atoms with Gasteiger partial charge in [-0.2, -0.15) is 18.3 Å². The maximum absolute atomic E-state index is 14.7. The van der Waals surface area contributed by atoms with Gasteiger partial charge in [-0.1, -0.05) is 50.3 Å². The summed E-state index contributed by atoms with van der Waals surface area (Å²) in [5.74, 6) is -3.66. The molecule has 6 rings (SSSR count). The molecule has 44 heavy (non-hydrogen) atoms. The molecule has 1 saturated carbocycles. The fourth-order valence-corrected chi connectivity index (χ4v) is 5.67. The fourth-order valence-electron chi connectivity index (χ4n) is 5.67. The maximum Gasteiger partial charge on any atom is 0.490 e. The molecule has 230 valence electrons. The smallest absolute Gasteiger partial charge is 0.475 e. The molecule has 1 aliphatic carbocycles. The Kier molecular flexibility index (Phi) is 8.30. The first-order valence-corrected chi connectivity index (χ1v) is 14.0. The van der Waals surface area contributed by atoms with Crippen molar-refractivity contribution in [3.8, 4) is 0 Å². The molecule has 0 radical (unpaired) electrons. The lowest BCUT2D eigenvalue weighted by molar-refractivity contribution is -0.192. The minimum atomic E-state index is -5.08. The van der Waals surface area contributed by atoms with Crippen molar-refractivity contribution in [2.75, 3.05) is 18.4 Å². The van der Waals surface area contributed by atoms with Gasteiger partial charge in [0.2, 0.25) is 5.91 Å². The molecule has 1 aliphatic heterocycles. The van der Waals surface area contributed by atoms with Gasteiger partial charge in [0, 0.05) is 29.1 Å². The number of carbonyl (C=O) groups is 2. The van der Waals surface area contributed by atoms with Crippen LogP contribution in [0.4, 0.5) is 27.6 Å². The standard InChI is InChI=1S/C30H28F2N4O.C2HF3O2/c1-3-36(4-2)17-21-24(31)13-18(14-25(21)32)9-12-26-20-11-10-19(15-28(20)35-34-26)23-16-30(23)22-7-5-6-8-27(22)33-29(30)37;3-2(4,5)1(6)7/h5-15,23H,3-4,16-17H2,1-2H3,(H,33,37)(H,34,35);(H,6,7)/t23-,30-;/m0./s1. The molecule has 2 atom stereocenters. The second-order valence-electron chi connectivity index (χ2n) is 10.7. The summed E-state index contributed by atoms with van der Waals surface area (Å²) in [6.45, 7) is 5.65. The number of benzene rings is 3. The second kappa shape index (κ2) is 11.8. The van der Waals surface area contributed by atoms with Crippen LogP contribution >= 0.6 is 0 Å². The normalized spacial score (nSPS) is 18.9. The summed E-state index contributed by atoms with van der Waals surface area (Å²) in [5.41, 5.74) is 4.65. The SMILES string of the molecule is CCN(CC)Cc1c(F)cc(C=Cc2n[nH]c3cc([C@@H]4C[C@@]45C(=O)Nc4ccccc45)ccc23)cc1F.O=C(O)C(F)(F)F. The van der Waals surface area contributed by atoms with Crippen LogP contribution in [0, 0.1) is 11.6 Å². The summed E-state index contributed by atoms with van der Waals surface area (Å²) in [4.78, 5) is 23.7. The Labute approximate surface area is 249 Å². The van der Waals surface area contributed by atoms with Crippen LogP contribution in [0.15, 0.2) is 54.6 Å². The summed E-state index contributed by atoms with van der Waals surface area (Å²) >= 11 is 0. The fraction of sp³-hybridized carbons (Fsp3) is 0.281. The Morgan fingerprint density at radius 2 is 1.73 bits per heavy atom. The first-order chi connectivity index (χ1) is 20.9. The number of nitrogens with zero attached hydrogens (tertiary/aromatic N) is 2. The third-order valence-electron chi connectivity index (χ3n) is 8.16. The molecular formula is C32H29F5N4O3. The first-order valence-electron chi connectivity index (χ1n) is 14.0. The number of alkyl halides is 3. The summed E-state index contributed by atoms with van der Waals surface area (Å²) in [6.07, 6.45) is -0.869. The third kappa shape index (κ3) is 5.81. The molecule has 1 aromatic heterocycles. The quantitative estimate of drug-likeness (QED) is 0.198. The summed E-state index contributed by atoms with van der Waals surface area (Å²) < 4.78 is 61.1. The summed E-state index contributed by atoms with van der Waals surface area (Å²) in [6, 6.07) is 16.7. The van der Waals surface area contributed by atoms with Crippen molar-refractivity contribution < 1.29 is 36.6 Å². The second-order valence-corrected chi connectivity index (χ2v) is 10.7. The van der Waals surface area contributed by atoms with Crippen LogP contribution in [0.3, 0.4) is 0 Å². The van der Waals surface area contributed by atoms with Crippen LogP contribution in [0.1, 0.15) is 54.1 Å². The van der Waals surface area contributed by atoms with Gasteiger partial charge in [-0.25, -0.2) is 13.6 Å². The first kappa shape index (κ1) is 30.9. The number of carbonyl (C=O) groups excluding carboxylic acids is 1. The minimum absolute atomic E-state index is 0.0645. The molecule has 1 amide bonds. The van der Waals surface area contributed by atoms with Gasteiger partial charge >= 0.3 is 12.1 Å². The van der Waals surface area contributed by atoms with Crippen LogP contribution in [0.2, 0.25) is 0 Å². The number of anilines is 1. The lowest BCUT2D eigenvalue weighted by Gasteiger charge is -2.19. The summed E-state index contributed by atoms with van der Waals surface area (Å²) in [5, 5.41) is 18.5.